The van der Waals surface area contributed by atoms with Crippen LogP contribution in [0.15, 0.2) is 24.0 Å². The third-order valence-electron chi connectivity index (χ3n) is 9.22. The molecule has 5 atom stereocenters. The highest BCUT2D eigenvalue weighted by Gasteiger charge is 2.72. The Morgan fingerprint density at radius 1 is 1.13 bits per heavy atom. The van der Waals surface area contributed by atoms with Gasteiger partial charge in [0.15, 0.2) is 17.6 Å². The van der Waals surface area contributed by atoms with Gasteiger partial charge in [0.25, 0.3) is 0 Å². The monoisotopic (exact) mass is 631 g/mol. The van der Waals surface area contributed by atoms with E-state index in [2.05, 4.69) is 15.5 Å². The van der Waals surface area contributed by atoms with Crippen LogP contribution in [0.25, 0.3) is 0 Å². The van der Waals surface area contributed by atoms with Crippen LogP contribution >= 0.6 is 0 Å². The number of aliphatic carboxylic acids is 2. The number of carbonyl (C=O) groups excluding carboxylic acids is 3. The van der Waals surface area contributed by atoms with Crippen molar-refractivity contribution in [3.05, 3.63) is 35.1 Å². The van der Waals surface area contributed by atoms with Crippen molar-refractivity contribution in [2.24, 2.45) is 0 Å². The van der Waals surface area contributed by atoms with E-state index in [0.717, 1.165) is 11.1 Å². The van der Waals surface area contributed by atoms with Gasteiger partial charge in [-0.05, 0) is 50.6 Å². The van der Waals surface area contributed by atoms with E-state index in [9.17, 15) is 34.2 Å². The summed E-state index contributed by atoms with van der Waals surface area (Å²) in [6.45, 7) is 0.277. The predicted molar refractivity (Wildman–Crippen MR) is 153 cm³/mol. The number of hydrogen-bond donors (Lipinski definition) is 5. The first kappa shape index (κ1) is 32.0. The number of alkyl carbamates (subject to hydrolysis) is 1. The molecule has 0 saturated carbocycles. The van der Waals surface area contributed by atoms with Crippen molar-refractivity contribution in [2.45, 2.75) is 74.1 Å². The molecule has 45 heavy (non-hydrogen) atoms. The molecule has 1 fully saturated rings. The van der Waals surface area contributed by atoms with Gasteiger partial charge in [0.1, 0.15) is 18.4 Å². The normalized spacial score (nSPS) is 26.3. The topological polar surface area (TPSA) is 210 Å². The molecule has 2 heterocycles. The van der Waals surface area contributed by atoms with Crippen LogP contribution in [0.4, 0.5) is 4.79 Å². The molecular formula is C30H37N3O12. The van der Waals surface area contributed by atoms with E-state index in [1.807, 2.05) is 19.2 Å². The lowest BCUT2D eigenvalue weighted by Crippen LogP contribution is -2.74. The zero-order valence-corrected chi connectivity index (χ0v) is 25.0. The van der Waals surface area contributed by atoms with E-state index >= 15 is 0 Å². The van der Waals surface area contributed by atoms with E-state index in [4.69, 9.17) is 24.1 Å². The SMILES string of the molecule is COc1ccc2c3c1OC1C(OC(=O)C(CCC(=O)O)NC(=O)OCCNC(=O)CCC(=O)O)=CC[C@@]4(O)[C@H](C2)N(C)CC[C@]314. The van der Waals surface area contributed by atoms with Crippen molar-refractivity contribution < 1.29 is 58.2 Å². The lowest BCUT2D eigenvalue weighted by atomic mass is 9.50. The molecule has 0 aromatic heterocycles. The van der Waals surface area contributed by atoms with Crippen molar-refractivity contribution in [1.82, 2.24) is 15.5 Å². The molecule has 15 heteroatoms. The van der Waals surface area contributed by atoms with Gasteiger partial charge in [0, 0.05) is 30.9 Å². The zero-order chi connectivity index (χ0) is 32.5. The summed E-state index contributed by atoms with van der Waals surface area (Å²) in [6.07, 6.45) is -0.336. The third kappa shape index (κ3) is 5.77. The zero-order valence-electron chi connectivity index (χ0n) is 25.0. The number of methoxy groups -OCH3 is 1. The Bertz CT molecular complexity index is 1430. The lowest BCUT2D eigenvalue weighted by molar-refractivity contribution is -0.170. The van der Waals surface area contributed by atoms with Gasteiger partial charge >= 0.3 is 24.0 Å². The van der Waals surface area contributed by atoms with Gasteiger partial charge in [0.05, 0.1) is 31.1 Å². The Morgan fingerprint density at radius 3 is 2.60 bits per heavy atom. The number of piperidine rings is 1. The highest BCUT2D eigenvalue weighted by atomic mass is 16.6. The summed E-state index contributed by atoms with van der Waals surface area (Å²) in [4.78, 5) is 61.6. The van der Waals surface area contributed by atoms with Crippen molar-refractivity contribution in [2.75, 3.05) is 33.9 Å². The van der Waals surface area contributed by atoms with Gasteiger partial charge in [0.2, 0.25) is 5.91 Å². The van der Waals surface area contributed by atoms with Crippen LogP contribution in [0.5, 0.6) is 11.5 Å². The number of amides is 2. The summed E-state index contributed by atoms with van der Waals surface area (Å²) >= 11 is 0. The second-order valence-corrected chi connectivity index (χ2v) is 11.7. The van der Waals surface area contributed by atoms with Crippen LogP contribution in [-0.4, -0.2) is 108 Å². The second-order valence-electron chi connectivity index (χ2n) is 11.7. The number of esters is 1. The summed E-state index contributed by atoms with van der Waals surface area (Å²) in [5.41, 5.74) is -0.286. The Morgan fingerprint density at radius 2 is 1.89 bits per heavy atom. The second kappa shape index (κ2) is 12.6. The minimum absolute atomic E-state index is 0.102. The summed E-state index contributed by atoms with van der Waals surface area (Å²) in [5.74, 6) is -2.65. The highest BCUT2D eigenvalue weighted by molar-refractivity contribution is 5.83. The minimum atomic E-state index is -1.40. The Balaban J connectivity index is 1.31. The molecule has 0 radical (unpaired) electrons. The molecule has 2 aliphatic carbocycles. The first-order valence-electron chi connectivity index (χ1n) is 14.8. The van der Waals surface area contributed by atoms with Gasteiger partial charge < -0.3 is 49.8 Å². The maximum Gasteiger partial charge on any atom is 0.407 e. The number of aliphatic hydroxyl groups is 1. The number of hydrogen-bond acceptors (Lipinski definition) is 11. The molecule has 1 saturated heterocycles. The smallest absolute Gasteiger partial charge is 0.407 e. The van der Waals surface area contributed by atoms with Gasteiger partial charge in [-0.1, -0.05) is 6.07 Å². The molecule has 2 unspecified atom stereocenters. The average Bonchev–Trinajstić information content (AvgIpc) is 3.35. The summed E-state index contributed by atoms with van der Waals surface area (Å²) in [5, 5.41) is 34.9. The van der Waals surface area contributed by atoms with Crippen LogP contribution < -0.4 is 20.1 Å². The van der Waals surface area contributed by atoms with Crippen LogP contribution in [0.1, 0.15) is 49.7 Å². The minimum Gasteiger partial charge on any atom is -0.493 e. The lowest BCUT2D eigenvalue weighted by Gasteiger charge is -2.61. The van der Waals surface area contributed by atoms with Crippen LogP contribution in [0, 0.1) is 0 Å². The van der Waals surface area contributed by atoms with Crippen LogP contribution in [0.2, 0.25) is 0 Å². The molecule has 2 bridgehead atoms. The quantitative estimate of drug-likeness (QED) is 0.148. The fourth-order valence-corrected chi connectivity index (χ4v) is 7.12. The summed E-state index contributed by atoms with van der Waals surface area (Å²) < 4.78 is 22.9. The number of nitrogens with zero attached hydrogens (tertiary/aromatic N) is 1. The molecule has 1 aromatic carbocycles. The molecule has 5 N–H and O–H groups in total. The number of nitrogens with one attached hydrogen (secondary N) is 2. The molecule has 2 amide bonds. The van der Waals surface area contributed by atoms with Gasteiger partial charge in [-0.2, -0.15) is 0 Å². The van der Waals surface area contributed by atoms with Crippen LogP contribution in [0.3, 0.4) is 0 Å². The van der Waals surface area contributed by atoms with Gasteiger partial charge in [-0.25, -0.2) is 9.59 Å². The number of likely N-dealkylation sites (N-methyl/N-ethyl adjacent to an activating group) is 1. The molecular weight excluding hydrogens is 594 g/mol. The van der Waals surface area contributed by atoms with E-state index < -0.39 is 59.5 Å². The van der Waals surface area contributed by atoms with Crippen molar-refractivity contribution in [1.29, 1.82) is 0 Å². The summed E-state index contributed by atoms with van der Waals surface area (Å²) in [6, 6.07) is 2.18. The van der Waals surface area contributed by atoms with Crippen molar-refractivity contribution >= 4 is 29.9 Å². The Hall–Kier alpha value is -4.37. The number of carboxylic acids is 2. The Kier molecular flexibility index (Phi) is 8.94. The fraction of sp³-hybridized carbons (Fsp3) is 0.567. The molecule has 1 aromatic rings. The largest absolute Gasteiger partial charge is 0.493 e. The molecule has 5 rings (SSSR count). The molecule has 4 aliphatic rings. The van der Waals surface area contributed by atoms with Crippen LogP contribution in [-0.2, 0) is 40.5 Å². The first-order chi connectivity index (χ1) is 21.4. The molecule has 1 spiro atoms. The number of likely N-dealkylation sites (tertiary alicyclic amines) is 1. The van der Waals surface area contributed by atoms with Crippen molar-refractivity contribution in [3.63, 3.8) is 0 Å². The standard InChI is InChI=1S/C30H37N3O12/c1-33-13-11-29-24-16-3-5-18(42-2)25(24)45-26(29)19(9-10-30(29,41)20(33)15-16)44-27(39)17(4-7-22(35)36)32-28(40)43-14-12-31-21(34)6-8-23(37)38/h3,5,9,17,20,26,41H,4,6-8,10-15H2,1-2H3,(H,31,34)(H,32,40)(H,35,36)(H,37,38)/t17?,20-,26?,29-,30+/m0/s1. The number of benzene rings is 1. The van der Waals surface area contributed by atoms with E-state index in [-0.39, 0.29) is 50.6 Å². The predicted octanol–water partition coefficient (Wildman–Crippen LogP) is 0.457. The summed E-state index contributed by atoms with van der Waals surface area (Å²) in [7, 11) is 3.50. The van der Waals surface area contributed by atoms with Gasteiger partial charge in [-0.3, -0.25) is 14.4 Å². The number of carbonyl (C=O) groups is 5. The maximum absolute atomic E-state index is 13.5. The highest BCUT2D eigenvalue weighted by Crippen LogP contribution is 2.65. The Labute approximate surface area is 258 Å². The fourth-order valence-electron chi connectivity index (χ4n) is 7.12. The van der Waals surface area contributed by atoms with E-state index in [1.165, 1.54) is 7.11 Å². The maximum atomic E-state index is 13.5. The average molecular weight is 632 g/mol. The third-order valence-corrected chi connectivity index (χ3v) is 9.22. The van der Waals surface area contributed by atoms with Crippen molar-refractivity contribution in [3.8, 4) is 11.5 Å². The van der Waals surface area contributed by atoms with E-state index in [0.29, 0.717) is 30.9 Å². The van der Waals surface area contributed by atoms with E-state index in [1.54, 1.807) is 6.08 Å². The number of rotatable bonds is 13. The molecule has 244 valence electrons. The first-order valence-corrected chi connectivity index (χ1v) is 14.8. The number of ether oxygens (including phenoxy) is 4. The molecule has 15 nitrogen and oxygen atoms in total. The molecule has 2 aliphatic heterocycles. The van der Waals surface area contributed by atoms with Gasteiger partial charge in [-0.15, -0.1) is 0 Å². The number of carboxylic acid groups (broad SMARTS) is 2.